The number of halogens is 2. The van der Waals surface area contributed by atoms with Crippen LogP contribution in [0, 0.1) is 0 Å². The number of carbonyl (C=O) groups is 2. The van der Waals surface area contributed by atoms with Crippen LogP contribution in [0.3, 0.4) is 0 Å². The lowest BCUT2D eigenvalue weighted by atomic mass is 10.00. The van der Waals surface area contributed by atoms with Crippen molar-refractivity contribution in [2.75, 3.05) is 0 Å². The second-order valence-electron chi connectivity index (χ2n) is 7.29. The Morgan fingerprint density at radius 1 is 1.20 bits per heavy atom. The first-order valence-corrected chi connectivity index (χ1v) is 10.5. The van der Waals surface area contributed by atoms with Crippen LogP contribution in [-0.2, 0) is 23.6 Å². The number of aliphatic hydroxyl groups excluding tert-OH is 1. The Kier molecular flexibility index (Phi) is 6.47. The third-order valence-electron chi connectivity index (χ3n) is 4.93. The summed E-state index contributed by atoms with van der Waals surface area (Å²) in [4.78, 5) is 23.2. The van der Waals surface area contributed by atoms with Crippen LogP contribution >= 0.6 is 11.8 Å². The van der Waals surface area contributed by atoms with Gasteiger partial charge < -0.3 is 9.84 Å². The molecule has 0 aliphatic carbocycles. The number of aryl methyl sites for hydroxylation is 1. The topological polar surface area (TPSA) is 75.6 Å². The number of aliphatic hydroxyl groups is 1. The summed E-state index contributed by atoms with van der Waals surface area (Å²) in [5, 5.41) is 11.5. The van der Waals surface area contributed by atoms with Gasteiger partial charge in [-0.3, -0.25) is 14.9 Å². The largest absolute Gasteiger partial charge is 0.457 e. The Labute approximate surface area is 177 Å². The van der Waals surface area contributed by atoms with E-state index in [9.17, 15) is 23.5 Å². The molecule has 2 amide bonds. The van der Waals surface area contributed by atoms with E-state index in [2.05, 4.69) is 5.32 Å². The molecule has 1 aliphatic rings. The van der Waals surface area contributed by atoms with Crippen LogP contribution in [-0.4, -0.2) is 21.5 Å². The van der Waals surface area contributed by atoms with Gasteiger partial charge in [0.15, 0.2) is 0 Å². The van der Waals surface area contributed by atoms with Crippen molar-refractivity contribution in [1.29, 1.82) is 0 Å². The fourth-order valence-electron chi connectivity index (χ4n) is 3.29. The van der Waals surface area contributed by atoms with E-state index in [0.717, 1.165) is 29.8 Å². The zero-order valence-electron chi connectivity index (χ0n) is 16.9. The maximum Gasteiger partial charge on any atom is 0.286 e. The minimum Gasteiger partial charge on any atom is -0.457 e. The summed E-state index contributed by atoms with van der Waals surface area (Å²) in [7, 11) is 0. The maximum atomic E-state index is 13.6. The number of hydrogen-bond donors (Lipinski definition) is 2. The number of hydrogen-bond acceptors (Lipinski definition) is 5. The van der Waals surface area contributed by atoms with Crippen molar-refractivity contribution in [1.82, 2.24) is 5.32 Å². The van der Waals surface area contributed by atoms with Gasteiger partial charge in [-0.05, 0) is 61.2 Å². The van der Waals surface area contributed by atoms with Gasteiger partial charge in [-0.2, -0.15) is 0 Å². The van der Waals surface area contributed by atoms with Gasteiger partial charge in [-0.15, -0.1) is 0 Å². The number of carbonyl (C=O) groups excluding carboxylic acids is 2. The summed E-state index contributed by atoms with van der Waals surface area (Å²) in [6.07, 6.45) is 0.122. The van der Waals surface area contributed by atoms with Crippen LogP contribution < -0.4 is 10.1 Å². The summed E-state index contributed by atoms with van der Waals surface area (Å²) < 4.78 is 33.2. The van der Waals surface area contributed by atoms with Crippen LogP contribution in [0.1, 0.15) is 49.1 Å². The number of amides is 2. The number of imide groups is 1. The van der Waals surface area contributed by atoms with Crippen LogP contribution in [0.25, 0.3) is 0 Å². The van der Waals surface area contributed by atoms with Crippen molar-refractivity contribution in [3.05, 3.63) is 58.7 Å². The molecule has 8 heteroatoms. The molecule has 2 N–H and O–H groups in total. The molecule has 1 heterocycles. The lowest BCUT2D eigenvalue weighted by molar-refractivity contribution is -0.118. The van der Waals surface area contributed by atoms with Gasteiger partial charge >= 0.3 is 0 Å². The van der Waals surface area contributed by atoms with Gasteiger partial charge in [-0.25, -0.2) is 8.78 Å². The van der Waals surface area contributed by atoms with Crippen molar-refractivity contribution in [3.63, 3.8) is 0 Å². The van der Waals surface area contributed by atoms with E-state index < -0.39 is 17.3 Å². The fraction of sp³-hybridized carbons (Fsp3) is 0.364. The van der Waals surface area contributed by atoms with Gasteiger partial charge in [0.2, 0.25) is 5.91 Å². The maximum absolute atomic E-state index is 13.6. The Balaban J connectivity index is 1.85. The minimum absolute atomic E-state index is 0.197. The molecule has 2 aromatic carbocycles. The summed E-state index contributed by atoms with van der Waals surface area (Å²) in [5.41, 5.74) is 1.96. The molecule has 1 fully saturated rings. The number of thioether (sulfide) groups is 1. The standard InChI is InChI=1S/C22H23F2NO4S/c1-4-13-9-16(7-5-14(13)10-19-20(27)25-21(28)30-19)29-18-8-6-15(22(3,23)24)11-17(18)12(2)26/h5-9,11-12,19,26H,4,10H2,1-3H3,(H,25,27,28). The first kappa shape index (κ1) is 22.2. The second-order valence-corrected chi connectivity index (χ2v) is 8.47. The predicted octanol–water partition coefficient (Wildman–Crippen LogP) is 5.10. The molecular formula is C22H23F2NO4S. The molecule has 2 aromatic rings. The molecule has 160 valence electrons. The lowest BCUT2D eigenvalue weighted by Gasteiger charge is -2.18. The monoisotopic (exact) mass is 435 g/mol. The average molecular weight is 435 g/mol. The summed E-state index contributed by atoms with van der Waals surface area (Å²) in [6.45, 7) is 4.26. The lowest BCUT2D eigenvalue weighted by Crippen LogP contribution is -2.25. The molecule has 2 unspecified atom stereocenters. The quantitative estimate of drug-likeness (QED) is 0.633. The van der Waals surface area contributed by atoms with Gasteiger partial charge in [0, 0.05) is 18.1 Å². The third kappa shape index (κ3) is 4.99. The van der Waals surface area contributed by atoms with Gasteiger partial charge in [0.25, 0.3) is 11.2 Å². The molecule has 0 spiro atoms. The number of alkyl halides is 2. The highest BCUT2D eigenvalue weighted by atomic mass is 32.2. The smallest absolute Gasteiger partial charge is 0.286 e. The SMILES string of the molecule is CCc1cc(Oc2ccc(C(C)(F)F)cc2C(C)O)ccc1CC1SC(=O)NC1=O. The zero-order chi connectivity index (χ0) is 22.1. The van der Waals surface area contributed by atoms with Crippen LogP contribution in [0.4, 0.5) is 13.6 Å². The van der Waals surface area contributed by atoms with Crippen LogP contribution in [0.15, 0.2) is 36.4 Å². The second kappa shape index (κ2) is 8.73. The van der Waals surface area contributed by atoms with Crippen LogP contribution in [0.5, 0.6) is 11.5 Å². The van der Waals surface area contributed by atoms with Crippen molar-refractivity contribution in [2.45, 2.75) is 50.9 Å². The highest BCUT2D eigenvalue weighted by molar-refractivity contribution is 8.15. The van der Waals surface area contributed by atoms with E-state index in [1.807, 2.05) is 19.1 Å². The zero-order valence-corrected chi connectivity index (χ0v) is 17.7. The first-order valence-electron chi connectivity index (χ1n) is 9.60. The van der Waals surface area contributed by atoms with E-state index in [1.165, 1.54) is 25.1 Å². The first-order chi connectivity index (χ1) is 14.1. The Morgan fingerprint density at radius 3 is 2.50 bits per heavy atom. The van der Waals surface area contributed by atoms with E-state index in [4.69, 9.17) is 4.74 Å². The Bertz CT molecular complexity index is 972. The molecule has 5 nitrogen and oxygen atoms in total. The minimum atomic E-state index is -3.02. The van der Waals surface area contributed by atoms with Crippen LogP contribution in [0.2, 0.25) is 0 Å². The molecule has 0 radical (unpaired) electrons. The predicted molar refractivity (Wildman–Crippen MR) is 111 cm³/mol. The number of benzene rings is 2. The van der Waals surface area contributed by atoms with Crippen molar-refractivity contribution in [2.24, 2.45) is 0 Å². The highest BCUT2D eigenvalue weighted by Gasteiger charge is 2.32. The van der Waals surface area contributed by atoms with Crippen molar-refractivity contribution >= 4 is 22.9 Å². The molecule has 0 saturated carbocycles. The van der Waals surface area contributed by atoms with E-state index in [-0.39, 0.29) is 22.3 Å². The van der Waals surface area contributed by atoms with Crippen molar-refractivity contribution in [3.8, 4) is 11.5 Å². The number of nitrogens with one attached hydrogen (secondary N) is 1. The van der Waals surface area contributed by atoms with E-state index in [1.54, 1.807) is 6.07 Å². The van der Waals surface area contributed by atoms with Gasteiger partial charge in [0.05, 0.1) is 11.4 Å². The Hall–Kier alpha value is -2.45. The van der Waals surface area contributed by atoms with Gasteiger partial charge in [-0.1, -0.05) is 24.8 Å². The average Bonchev–Trinajstić information content (AvgIpc) is 2.99. The molecule has 0 aromatic heterocycles. The highest BCUT2D eigenvalue weighted by Crippen LogP contribution is 2.36. The summed E-state index contributed by atoms with van der Waals surface area (Å²) in [5.74, 6) is -2.52. The molecule has 30 heavy (non-hydrogen) atoms. The third-order valence-corrected chi connectivity index (χ3v) is 5.91. The van der Waals surface area contributed by atoms with E-state index >= 15 is 0 Å². The molecule has 0 bridgehead atoms. The molecule has 1 aliphatic heterocycles. The van der Waals surface area contributed by atoms with Gasteiger partial charge in [0.1, 0.15) is 11.5 Å². The van der Waals surface area contributed by atoms with Crippen molar-refractivity contribution < 1.29 is 28.2 Å². The number of rotatable bonds is 7. The summed E-state index contributed by atoms with van der Waals surface area (Å²) in [6, 6.07) is 9.34. The number of ether oxygens (including phenoxy) is 1. The molecule has 3 rings (SSSR count). The molecule has 2 atom stereocenters. The normalized spacial score (nSPS) is 17.7. The molecular weight excluding hydrogens is 412 g/mol. The fourth-order valence-corrected chi connectivity index (χ4v) is 4.14. The molecule has 1 saturated heterocycles. The Morgan fingerprint density at radius 2 is 1.93 bits per heavy atom. The summed E-state index contributed by atoms with van der Waals surface area (Å²) >= 11 is 0.983. The van der Waals surface area contributed by atoms with E-state index in [0.29, 0.717) is 24.3 Å².